The lowest BCUT2D eigenvalue weighted by atomic mass is 9.82. The minimum absolute atomic E-state index is 0.00592. The molecule has 2 N–H and O–H groups in total. The van der Waals surface area contributed by atoms with E-state index >= 15 is 0 Å². The molecule has 1 unspecified atom stereocenters. The molecule has 2 amide bonds. The van der Waals surface area contributed by atoms with Crippen LogP contribution in [0, 0.1) is 17.8 Å². The quantitative estimate of drug-likeness (QED) is 0.827. The molecule has 1 fully saturated rings. The van der Waals surface area contributed by atoms with Crippen LogP contribution < -0.4 is 15.4 Å². The molecule has 0 heterocycles. The normalized spacial score (nSPS) is 21.5. The Morgan fingerprint density at radius 1 is 1.16 bits per heavy atom. The van der Waals surface area contributed by atoms with Crippen LogP contribution in [0.2, 0.25) is 0 Å². The van der Waals surface area contributed by atoms with Gasteiger partial charge in [0, 0.05) is 17.7 Å². The molecule has 1 aliphatic rings. The van der Waals surface area contributed by atoms with Gasteiger partial charge < -0.3 is 15.4 Å². The first-order chi connectivity index (χ1) is 11.9. The number of amides is 2. The lowest BCUT2D eigenvalue weighted by Gasteiger charge is -2.28. The Bertz CT molecular complexity index is 592. The Kier molecular flexibility index (Phi) is 6.85. The lowest BCUT2D eigenvalue weighted by Crippen LogP contribution is -2.49. The van der Waals surface area contributed by atoms with E-state index in [1.54, 1.807) is 13.2 Å². The molecule has 5 heteroatoms. The average Bonchev–Trinajstić information content (AvgIpc) is 2.59. The van der Waals surface area contributed by atoms with Crippen molar-refractivity contribution >= 4 is 17.5 Å². The van der Waals surface area contributed by atoms with Gasteiger partial charge in [-0.25, -0.2) is 0 Å². The summed E-state index contributed by atoms with van der Waals surface area (Å²) in [6.45, 7) is 6.12. The van der Waals surface area contributed by atoms with Gasteiger partial charge in [-0.3, -0.25) is 9.59 Å². The molecule has 2 rings (SSSR count). The maximum absolute atomic E-state index is 12.7. The number of hydrogen-bond donors (Lipinski definition) is 2. The Hall–Kier alpha value is -2.04. The monoisotopic (exact) mass is 346 g/mol. The number of carbonyl (C=O) groups excluding carboxylic acids is 2. The highest BCUT2D eigenvalue weighted by Crippen LogP contribution is 2.28. The van der Waals surface area contributed by atoms with Crippen LogP contribution >= 0.6 is 0 Å². The van der Waals surface area contributed by atoms with E-state index < -0.39 is 6.04 Å². The molecule has 0 bridgehead atoms. The first kappa shape index (κ1) is 19.3. The van der Waals surface area contributed by atoms with Crippen molar-refractivity contribution < 1.29 is 14.3 Å². The minimum atomic E-state index is -0.543. The first-order valence-corrected chi connectivity index (χ1v) is 9.16. The van der Waals surface area contributed by atoms with Crippen molar-refractivity contribution in [3.8, 4) is 5.75 Å². The molecule has 0 saturated heterocycles. The zero-order valence-electron chi connectivity index (χ0n) is 15.7. The molecular formula is C20H30N2O3. The lowest BCUT2D eigenvalue weighted by molar-refractivity contribution is -0.131. The van der Waals surface area contributed by atoms with Gasteiger partial charge in [-0.1, -0.05) is 26.8 Å². The molecule has 1 aromatic rings. The second-order valence-corrected chi connectivity index (χ2v) is 7.41. The molecule has 0 spiro atoms. The van der Waals surface area contributed by atoms with E-state index in [2.05, 4.69) is 17.6 Å². The summed E-state index contributed by atoms with van der Waals surface area (Å²) in [4.78, 5) is 25.2. The van der Waals surface area contributed by atoms with Crippen LogP contribution in [0.1, 0.15) is 46.5 Å². The van der Waals surface area contributed by atoms with Gasteiger partial charge in [0.25, 0.3) is 0 Å². The number of methoxy groups -OCH3 is 1. The summed E-state index contributed by atoms with van der Waals surface area (Å²) < 4.78 is 5.18. The minimum Gasteiger partial charge on any atom is -0.497 e. The third-order valence-electron chi connectivity index (χ3n) is 4.97. The summed E-state index contributed by atoms with van der Waals surface area (Å²) in [5, 5.41) is 5.85. The van der Waals surface area contributed by atoms with Crippen LogP contribution in [0.15, 0.2) is 24.3 Å². The van der Waals surface area contributed by atoms with Crippen molar-refractivity contribution in [2.45, 2.75) is 52.5 Å². The molecule has 138 valence electrons. The number of hydrogen-bond acceptors (Lipinski definition) is 3. The standard InChI is InChI=1S/C20H30N2O3/c1-13(2)18(22-19(23)15-10-8-14(3)9-11-15)20(24)21-16-6-5-7-17(12-16)25-4/h5-7,12-15,18H,8-11H2,1-4H3,(H,21,24)(H,22,23). The SMILES string of the molecule is COc1cccc(NC(=O)C(NC(=O)C2CCC(C)CC2)C(C)C)c1. The molecular weight excluding hydrogens is 316 g/mol. The fourth-order valence-corrected chi connectivity index (χ4v) is 3.25. The number of anilines is 1. The Labute approximate surface area is 150 Å². The molecule has 0 aliphatic heterocycles. The van der Waals surface area contributed by atoms with Crippen LogP contribution in [-0.4, -0.2) is 25.0 Å². The highest BCUT2D eigenvalue weighted by molar-refractivity contribution is 5.97. The van der Waals surface area contributed by atoms with Gasteiger partial charge in [-0.15, -0.1) is 0 Å². The summed E-state index contributed by atoms with van der Waals surface area (Å²) in [5.41, 5.74) is 0.663. The number of ether oxygens (including phenoxy) is 1. The van der Waals surface area contributed by atoms with E-state index in [4.69, 9.17) is 4.74 Å². The van der Waals surface area contributed by atoms with Gasteiger partial charge in [-0.05, 0) is 49.7 Å². The molecule has 1 saturated carbocycles. The van der Waals surface area contributed by atoms with Crippen molar-refractivity contribution in [2.75, 3.05) is 12.4 Å². The maximum atomic E-state index is 12.7. The Morgan fingerprint density at radius 2 is 1.84 bits per heavy atom. The van der Waals surface area contributed by atoms with Crippen LogP contribution in [0.25, 0.3) is 0 Å². The van der Waals surface area contributed by atoms with Gasteiger partial charge in [0.1, 0.15) is 11.8 Å². The number of benzene rings is 1. The fraction of sp³-hybridized carbons (Fsp3) is 0.600. The van der Waals surface area contributed by atoms with Gasteiger partial charge in [0.05, 0.1) is 7.11 Å². The van der Waals surface area contributed by atoms with Gasteiger partial charge >= 0.3 is 0 Å². The second-order valence-electron chi connectivity index (χ2n) is 7.41. The van der Waals surface area contributed by atoms with Gasteiger partial charge in [0.15, 0.2) is 0 Å². The predicted molar refractivity (Wildman–Crippen MR) is 99.5 cm³/mol. The Balaban J connectivity index is 1.99. The van der Waals surface area contributed by atoms with Crippen LogP contribution in [0.3, 0.4) is 0 Å². The van der Waals surface area contributed by atoms with Crippen LogP contribution in [0.5, 0.6) is 5.75 Å². The smallest absolute Gasteiger partial charge is 0.247 e. The number of nitrogens with one attached hydrogen (secondary N) is 2. The average molecular weight is 346 g/mol. The van der Waals surface area contributed by atoms with E-state index in [1.165, 1.54) is 0 Å². The summed E-state index contributed by atoms with van der Waals surface area (Å²) >= 11 is 0. The highest BCUT2D eigenvalue weighted by atomic mass is 16.5. The first-order valence-electron chi connectivity index (χ1n) is 9.16. The van der Waals surface area contributed by atoms with Crippen LogP contribution in [-0.2, 0) is 9.59 Å². The maximum Gasteiger partial charge on any atom is 0.247 e. The van der Waals surface area contributed by atoms with E-state index in [1.807, 2.05) is 32.0 Å². The van der Waals surface area contributed by atoms with Gasteiger partial charge in [-0.2, -0.15) is 0 Å². The fourth-order valence-electron chi connectivity index (χ4n) is 3.25. The molecule has 1 aliphatic carbocycles. The number of rotatable bonds is 6. The number of carbonyl (C=O) groups is 2. The topological polar surface area (TPSA) is 67.4 Å². The summed E-state index contributed by atoms with van der Waals surface area (Å²) in [7, 11) is 1.59. The molecule has 25 heavy (non-hydrogen) atoms. The van der Waals surface area contributed by atoms with Crippen LogP contribution in [0.4, 0.5) is 5.69 Å². The zero-order valence-corrected chi connectivity index (χ0v) is 15.7. The van der Waals surface area contributed by atoms with Crippen molar-refractivity contribution in [3.63, 3.8) is 0 Å². The molecule has 0 radical (unpaired) electrons. The molecule has 1 aromatic carbocycles. The second kappa shape index (κ2) is 8.88. The van der Waals surface area contributed by atoms with Gasteiger partial charge in [0.2, 0.25) is 11.8 Å². The van der Waals surface area contributed by atoms with Crippen molar-refractivity contribution in [1.29, 1.82) is 0 Å². The summed E-state index contributed by atoms with van der Waals surface area (Å²) in [6, 6.07) is 6.67. The van der Waals surface area contributed by atoms with E-state index in [0.29, 0.717) is 17.4 Å². The molecule has 1 atom stereocenters. The van der Waals surface area contributed by atoms with Crippen molar-refractivity contribution in [1.82, 2.24) is 5.32 Å². The third kappa shape index (κ3) is 5.48. The zero-order chi connectivity index (χ0) is 18.4. The molecule has 0 aromatic heterocycles. The highest BCUT2D eigenvalue weighted by Gasteiger charge is 2.29. The van der Waals surface area contributed by atoms with E-state index in [0.717, 1.165) is 25.7 Å². The van der Waals surface area contributed by atoms with E-state index in [9.17, 15) is 9.59 Å². The Morgan fingerprint density at radius 3 is 2.44 bits per heavy atom. The predicted octanol–water partition coefficient (Wildman–Crippen LogP) is 3.60. The third-order valence-corrected chi connectivity index (χ3v) is 4.97. The summed E-state index contributed by atoms with van der Waals surface area (Å²) in [6.07, 6.45) is 3.99. The van der Waals surface area contributed by atoms with Crippen molar-refractivity contribution in [2.24, 2.45) is 17.8 Å². The van der Waals surface area contributed by atoms with E-state index in [-0.39, 0.29) is 23.7 Å². The summed E-state index contributed by atoms with van der Waals surface area (Å²) in [5.74, 6) is 1.23. The largest absolute Gasteiger partial charge is 0.497 e. The molecule has 5 nitrogen and oxygen atoms in total. The van der Waals surface area contributed by atoms with Crippen molar-refractivity contribution in [3.05, 3.63) is 24.3 Å².